The van der Waals surface area contributed by atoms with Crippen LogP contribution in [-0.2, 0) is 9.47 Å². The van der Waals surface area contributed by atoms with Gasteiger partial charge in [0, 0.05) is 12.2 Å². The number of unbranched alkanes of at least 4 members (excludes halogenated alkanes) is 2. The molecule has 1 aromatic carbocycles. The largest absolute Gasteiger partial charge is 0.462 e. The second kappa shape index (κ2) is 9.30. The molecule has 0 aliphatic carbocycles. The average molecular weight is 335 g/mol. The fraction of sp³-hybridized carbons (Fsp3) is 0.579. The van der Waals surface area contributed by atoms with Crippen molar-refractivity contribution in [3.63, 3.8) is 0 Å². The van der Waals surface area contributed by atoms with Gasteiger partial charge < -0.3 is 9.47 Å². The van der Waals surface area contributed by atoms with E-state index in [0.717, 1.165) is 19.3 Å². The minimum absolute atomic E-state index is 0.315. The molecule has 1 amide bonds. The van der Waals surface area contributed by atoms with Crippen LogP contribution in [-0.4, -0.2) is 30.8 Å². The lowest BCUT2D eigenvalue weighted by atomic mass is 10.1. The van der Waals surface area contributed by atoms with Crippen LogP contribution in [0.4, 0.5) is 10.5 Å². The van der Waals surface area contributed by atoms with Crippen LogP contribution in [0.1, 0.15) is 64.2 Å². The van der Waals surface area contributed by atoms with E-state index in [4.69, 9.17) is 9.47 Å². The number of ether oxygens (including phenoxy) is 2. The van der Waals surface area contributed by atoms with E-state index in [2.05, 4.69) is 6.92 Å². The number of carbonyl (C=O) groups is 2. The van der Waals surface area contributed by atoms with Crippen molar-refractivity contribution in [2.24, 2.45) is 0 Å². The van der Waals surface area contributed by atoms with E-state index in [-0.39, 0.29) is 0 Å². The Hall–Kier alpha value is -2.04. The average Bonchev–Trinajstić information content (AvgIpc) is 2.50. The second-order valence-electron chi connectivity index (χ2n) is 6.61. The Morgan fingerprint density at radius 1 is 1.12 bits per heavy atom. The summed E-state index contributed by atoms with van der Waals surface area (Å²) in [7, 11) is 0. The maximum Gasteiger partial charge on any atom is 0.414 e. The van der Waals surface area contributed by atoms with Crippen molar-refractivity contribution in [1.29, 1.82) is 0 Å². The quantitative estimate of drug-likeness (QED) is 0.531. The highest BCUT2D eigenvalue weighted by Crippen LogP contribution is 2.21. The summed E-state index contributed by atoms with van der Waals surface area (Å²) in [5.74, 6) is -0.392. The van der Waals surface area contributed by atoms with Gasteiger partial charge in [0.25, 0.3) is 0 Å². The first kappa shape index (κ1) is 20.0. The molecule has 0 atom stereocenters. The molecule has 0 bridgehead atoms. The molecule has 0 heterocycles. The Bertz CT molecular complexity index is 549. The van der Waals surface area contributed by atoms with Crippen LogP contribution >= 0.6 is 0 Å². The first-order valence-corrected chi connectivity index (χ1v) is 8.56. The van der Waals surface area contributed by atoms with Crippen molar-refractivity contribution in [1.82, 2.24) is 0 Å². The summed E-state index contributed by atoms with van der Waals surface area (Å²) in [6, 6.07) is 6.91. The van der Waals surface area contributed by atoms with Gasteiger partial charge in [0.1, 0.15) is 5.60 Å². The monoisotopic (exact) mass is 335 g/mol. The minimum atomic E-state index is -0.571. The van der Waals surface area contributed by atoms with E-state index in [1.54, 1.807) is 36.1 Å². The summed E-state index contributed by atoms with van der Waals surface area (Å²) in [6.07, 6.45) is 2.56. The third-order valence-corrected chi connectivity index (χ3v) is 3.27. The lowest BCUT2D eigenvalue weighted by molar-refractivity contribution is 0.0522. The molecule has 0 aliphatic rings. The van der Waals surface area contributed by atoms with Crippen LogP contribution in [0.25, 0.3) is 0 Å². The van der Waals surface area contributed by atoms with Gasteiger partial charge in [-0.1, -0.05) is 25.8 Å². The van der Waals surface area contributed by atoms with Crippen LogP contribution in [0.3, 0.4) is 0 Å². The fourth-order valence-corrected chi connectivity index (χ4v) is 2.18. The Labute approximate surface area is 144 Å². The zero-order valence-corrected chi connectivity index (χ0v) is 15.4. The first-order chi connectivity index (χ1) is 11.3. The van der Waals surface area contributed by atoms with Gasteiger partial charge in [-0.15, -0.1) is 0 Å². The third-order valence-electron chi connectivity index (χ3n) is 3.27. The normalized spacial score (nSPS) is 11.0. The number of hydrogen-bond acceptors (Lipinski definition) is 4. The maximum atomic E-state index is 12.5. The summed E-state index contributed by atoms with van der Waals surface area (Å²) in [4.78, 5) is 26.1. The molecule has 1 aromatic rings. The fourth-order valence-electron chi connectivity index (χ4n) is 2.18. The predicted molar refractivity (Wildman–Crippen MR) is 95.5 cm³/mol. The van der Waals surface area contributed by atoms with Gasteiger partial charge >= 0.3 is 12.1 Å². The molecule has 0 aliphatic heterocycles. The van der Waals surface area contributed by atoms with E-state index < -0.39 is 17.7 Å². The zero-order chi connectivity index (χ0) is 18.2. The second-order valence-corrected chi connectivity index (χ2v) is 6.61. The highest BCUT2D eigenvalue weighted by Gasteiger charge is 2.23. The van der Waals surface area contributed by atoms with Gasteiger partial charge in [-0.3, -0.25) is 4.90 Å². The Kier molecular flexibility index (Phi) is 7.75. The van der Waals surface area contributed by atoms with Crippen molar-refractivity contribution in [2.75, 3.05) is 18.1 Å². The van der Waals surface area contributed by atoms with Gasteiger partial charge in [0.15, 0.2) is 0 Å². The summed E-state index contributed by atoms with van der Waals surface area (Å²) in [6.45, 7) is 10.3. The topological polar surface area (TPSA) is 55.8 Å². The Morgan fingerprint density at radius 2 is 1.83 bits per heavy atom. The lowest BCUT2D eigenvalue weighted by Crippen LogP contribution is -2.37. The highest BCUT2D eigenvalue weighted by atomic mass is 16.6. The van der Waals surface area contributed by atoms with E-state index in [9.17, 15) is 9.59 Å². The molecule has 5 nitrogen and oxygen atoms in total. The smallest absolute Gasteiger partial charge is 0.414 e. The molecule has 0 aromatic heterocycles. The van der Waals surface area contributed by atoms with Gasteiger partial charge in [-0.2, -0.15) is 0 Å². The molecule has 0 fully saturated rings. The summed E-state index contributed by atoms with van der Waals surface area (Å²) in [5.41, 5.74) is 0.503. The zero-order valence-electron chi connectivity index (χ0n) is 15.4. The molecule has 0 saturated heterocycles. The van der Waals surface area contributed by atoms with Crippen LogP contribution in [0, 0.1) is 0 Å². The van der Waals surface area contributed by atoms with Gasteiger partial charge in [-0.05, 0) is 52.3 Å². The molecule has 1 rings (SSSR count). The van der Waals surface area contributed by atoms with Gasteiger partial charge in [-0.25, -0.2) is 9.59 Å². The predicted octanol–water partition coefficient (Wildman–Crippen LogP) is 4.80. The molecule has 0 radical (unpaired) electrons. The number of anilines is 1. The van der Waals surface area contributed by atoms with Gasteiger partial charge in [0.2, 0.25) is 0 Å². The number of benzene rings is 1. The van der Waals surface area contributed by atoms with Crippen molar-refractivity contribution >= 4 is 17.7 Å². The molecule has 0 saturated carbocycles. The van der Waals surface area contributed by atoms with Crippen molar-refractivity contribution in [3.8, 4) is 0 Å². The number of esters is 1. The minimum Gasteiger partial charge on any atom is -0.462 e. The Morgan fingerprint density at radius 3 is 2.42 bits per heavy atom. The molecular weight excluding hydrogens is 306 g/mol. The number of hydrogen-bond donors (Lipinski definition) is 0. The maximum absolute atomic E-state index is 12.5. The number of amides is 1. The number of nitrogens with zero attached hydrogens (tertiary/aromatic N) is 1. The summed E-state index contributed by atoms with van der Waals surface area (Å²) < 4.78 is 10.5. The molecule has 0 unspecified atom stereocenters. The van der Waals surface area contributed by atoms with E-state index in [1.807, 2.05) is 20.8 Å². The molecule has 134 valence electrons. The van der Waals surface area contributed by atoms with E-state index in [1.165, 1.54) is 0 Å². The third kappa shape index (κ3) is 6.60. The molecule has 0 N–H and O–H groups in total. The molecule has 5 heteroatoms. The van der Waals surface area contributed by atoms with Crippen LogP contribution in [0.5, 0.6) is 0 Å². The van der Waals surface area contributed by atoms with Crippen LogP contribution in [0.2, 0.25) is 0 Å². The van der Waals surface area contributed by atoms with E-state index in [0.29, 0.717) is 24.4 Å². The van der Waals surface area contributed by atoms with E-state index >= 15 is 0 Å². The highest BCUT2D eigenvalue weighted by molar-refractivity contribution is 5.93. The SMILES string of the molecule is CCCCCN(C(=O)OC(C)(C)C)c1cccc(C(=O)OCC)c1. The molecule has 0 spiro atoms. The number of carbonyl (C=O) groups excluding carboxylic acids is 2. The lowest BCUT2D eigenvalue weighted by Gasteiger charge is -2.27. The molecule has 24 heavy (non-hydrogen) atoms. The number of rotatable bonds is 7. The van der Waals surface area contributed by atoms with Gasteiger partial charge in [0.05, 0.1) is 12.2 Å². The Balaban J connectivity index is 3.02. The van der Waals surface area contributed by atoms with Crippen LogP contribution < -0.4 is 4.90 Å². The summed E-state index contributed by atoms with van der Waals surface area (Å²) in [5, 5.41) is 0. The molecular formula is C19H29NO4. The first-order valence-electron chi connectivity index (χ1n) is 8.56. The summed E-state index contributed by atoms with van der Waals surface area (Å²) >= 11 is 0. The van der Waals surface area contributed by atoms with Crippen molar-refractivity contribution in [3.05, 3.63) is 29.8 Å². The van der Waals surface area contributed by atoms with Crippen molar-refractivity contribution < 1.29 is 19.1 Å². The van der Waals surface area contributed by atoms with Crippen LogP contribution in [0.15, 0.2) is 24.3 Å². The van der Waals surface area contributed by atoms with Crippen molar-refractivity contribution in [2.45, 2.75) is 59.5 Å². The standard InChI is InChI=1S/C19H29NO4/c1-6-8-9-13-20(18(22)24-19(3,4)5)16-12-10-11-15(14-16)17(21)23-7-2/h10-12,14H,6-9,13H2,1-5H3.